The number of carbonyl (C=O) groups excluding carboxylic acids is 1. The number of methoxy groups -OCH3 is 1. The first kappa shape index (κ1) is 13.5. The fourth-order valence-corrected chi connectivity index (χ4v) is 1.13. The molecule has 1 aromatic rings. The number of rotatable bonds is 4. The van der Waals surface area contributed by atoms with Crippen LogP contribution in [0.15, 0.2) is 27.1 Å². The molecule has 6 heteroatoms. The Bertz CT molecular complexity index is 565. The predicted molar refractivity (Wildman–Crippen MR) is 61.8 cm³/mol. The zero-order valence-corrected chi connectivity index (χ0v) is 9.93. The van der Waals surface area contributed by atoms with Gasteiger partial charge in [0.25, 0.3) is 0 Å². The molecule has 0 radical (unpaired) electrons. The van der Waals surface area contributed by atoms with Gasteiger partial charge in [-0.15, -0.1) is 0 Å². The molecule has 0 spiro atoms. The minimum atomic E-state index is -0.765. The molecule has 94 valence electrons. The number of hydrogen-bond acceptors (Lipinski definition) is 6. The molecule has 0 aliphatic heterocycles. The first-order valence-corrected chi connectivity index (χ1v) is 5.08. The maximum absolute atomic E-state index is 11.4. The van der Waals surface area contributed by atoms with Crippen LogP contribution >= 0.6 is 0 Å². The van der Waals surface area contributed by atoms with Gasteiger partial charge in [-0.25, -0.2) is 4.79 Å². The summed E-state index contributed by atoms with van der Waals surface area (Å²) < 4.78 is 14.4. The summed E-state index contributed by atoms with van der Waals surface area (Å²) in [6.07, 6.45) is 2.24. The standard InChI is InChI=1S/C12H11NO5/c1-3-17-12(15)8(6-13)4-9-5-10(14)11(16-2)7-18-9/h4-5,7H,3H2,1-2H3/b8-4+. The summed E-state index contributed by atoms with van der Waals surface area (Å²) >= 11 is 0. The van der Waals surface area contributed by atoms with Crippen LogP contribution < -0.4 is 10.2 Å². The van der Waals surface area contributed by atoms with Crippen LogP contribution in [0.3, 0.4) is 0 Å². The van der Waals surface area contributed by atoms with Gasteiger partial charge in [-0.2, -0.15) is 5.26 Å². The molecule has 1 rings (SSSR count). The summed E-state index contributed by atoms with van der Waals surface area (Å²) in [6, 6.07) is 2.80. The van der Waals surface area contributed by atoms with Crippen LogP contribution in [0.5, 0.6) is 5.75 Å². The quantitative estimate of drug-likeness (QED) is 0.451. The summed E-state index contributed by atoms with van der Waals surface area (Å²) in [6.45, 7) is 1.78. The highest BCUT2D eigenvalue weighted by Crippen LogP contribution is 2.10. The van der Waals surface area contributed by atoms with Gasteiger partial charge in [-0.3, -0.25) is 4.79 Å². The summed E-state index contributed by atoms with van der Waals surface area (Å²) in [7, 11) is 1.33. The van der Waals surface area contributed by atoms with Gasteiger partial charge in [0.1, 0.15) is 23.7 Å². The van der Waals surface area contributed by atoms with Crippen molar-refractivity contribution in [3.8, 4) is 11.8 Å². The molecule has 1 heterocycles. The third-order valence-electron chi connectivity index (χ3n) is 1.94. The van der Waals surface area contributed by atoms with Crippen molar-refractivity contribution in [2.45, 2.75) is 6.92 Å². The summed E-state index contributed by atoms with van der Waals surface area (Å²) in [5, 5.41) is 8.79. The van der Waals surface area contributed by atoms with Crippen molar-refractivity contribution in [1.29, 1.82) is 5.26 Å². The van der Waals surface area contributed by atoms with Crippen molar-refractivity contribution in [3.05, 3.63) is 33.9 Å². The molecule has 0 aliphatic rings. The van der Waals surface area contributed by atoms with Gasteiger partial charge >= 0.3 is 5.97 Å². The Labute approximate surface area is 103 Å². The molecule has 1 aromatic heterocycles. The van der Waals surface area contributed by atoms with E-state index in [1.165, 1.54) is 7.11 Å². The maximum Gasteiger partial charge on any atom is 0.349 e. The first-order valence-electron chi connectivity index (χ1n) is 5.08. The van der Waals surface area contributed by atoms with Gasteiger partial charge in [0.15, 0.2) is 0 Å². The molecule has 0 aliphatic carbocycles. The molecule has 0 bridgehead atoms. The molecule has 0 N–H and O–H groups in total. The van der Waals surface area contributed by atoms with Gasteiger partial charge in [0.2, 0.25) is 11.2 Å². The van der Waals surface area contributed by atoms with Crippen LogP contribution in [0.25, 0.3) is 6.08 Å². The smallest absolute Gasteiger partial charge is 0.349 e. The van der Waals surface area contributed by atoms with Crippen molar-refractivity contribution in [1.82, 2.24) is 0 Å². The lowest BCUT2D eigenvalue weighted by atomic mass is 10.2. The highest BCUT2D eigenvalue weighted by Gasteiger charge is 2.11. The molecule has 0 unspecified atom stereocenters. The number of nitrogens with zero attached hydrogens (tertiary/aromatic N) is 1. The van der Waals surface area contributed by atoms with E-state index in [-0.39, 0.29) is 23.7 Å². The highest BCUT2D eigenvalue weighted by molar-refractivity contribution is 5.97. The van der Waals surface area contributed by atoms with Crippen molar-refractivity contribution in [3.63, 3.8) is 0 Å². The second-order valence-corrected chi connectivity index (χ2v) is 3.11. The SMILES string of the molecule is CCOC(=O)/C(C#N)=C/c1cc(=O)c(OC)co1. The second kappa shape index (κ2) is 6.25. The lowest BCUT2D eigenvalue weighted by Gasteiger charge is -2.00. The minimum Gasteiger partial charge on any atom is -0.490 e. The Kier molecular flexibility index (Phi) is 4.69. The Morgan fingerprint density at radius 2 is 2.33 bits per heavy atom. The Morgan fingerprint density at radius 1 is 1.61 bits per heavy atom. The number of esters is 1. The summed E-state index contributed by atoms with van der Waals surface area (Å²) in [4.78, 5) is 22.8. The van der Waals surface area contributed by atoms with E-state index in [9.17, 15) is 9.59 Å². The van der Waals surface area contributed by atoms with Crippen LogP contribution in [0.1, 0.15) is 12.7 Å². The first-order chi connectivity index (χ1) is 8.62. The van der Waals surface area contributed by atoms with Crippen LogP contribution in [0, 0.1) is 11.3 Å². The molecule has 0 fully saturated rings. The Hall–Kier alpha value is -2.55. The third kappa shape index (κ3) is 3.22. The lowest BCUT2D eigenvalue weighted by molar-refractivity contribution is -0.137. The van der Waals surface area contributed by atoms with Crippen LogP contribution in [-0.2, 0) is 9.53 Å². The largest absolute Gasteiger partial charge is 0.490 e. The van der Waals surface area contributed by atoms with Gasteiger partial charge in [-0.1, -0.05) is 0 Å². The van der Waals surface area contributed by atoms with E-state index in [4.69, 9.17) is 14.4 Å². The van der Waals surface area contributed by atoms with Crippen LogP contribution in [-0.4, -0.2) is 19.7 Å². The molecular formula is C12H11NO5. The van der Waals surface area contributed by atoms with Crippen molar-refractivity contribution in [2.24, 2.45) is 0 Å². The van der Waals surface area contributed by atoms with E-state index in [0.29, 0.717) is 0 Å². The van der Waals surface area contributed by atoms with Crippen LogP contribution in [0.2, 0.25) is 0 Å². The third-order valence-corrected chi connectivity index (χ3v) is 1.94. The maximum atomic E-state index is 11.4. The van der Waals surface area contributed by atoms with Gasteiger partial charge in [0, 0.05) is 12.1 Å². The fraction of sp³-hybridized carbons (Fsp3) is 0.250. The van der Waals surface area contributed by atoms with Gasteiger partial charge in [0.05, 0.1) is 13.7 Å². The minimum absolute atomic E-state index is 0.0433. The average Bonchev–Trinajstić information content (AvgIpc) is 2.36. The lowest BCUT2D eigenvalue weighted by Crippen LogP contribution is -2.07. The normalized spacial score (nSPS) is 10.6. The van der Waals surface area contributed by atoms with Gasteiger partial charge in [-0.05, 0) is 6.92 Å². The van der Waals surface area contributed by atoms with Gasteiger partial charge < -0.3 is 13.9 Å². The monoisotopic (exact) mass is 249 g/mol. The molecule has 0 aromatic carbocycles. The number of carbonyl (C=O) groups is 1. The molecular weight excluding hydrogens is 238 g/mol. The average molecular weight is 249 g/mol. The molecule has 6 nitrogen and oxygen atoms in total. The van der Waals surface area contributed by atoms with E-state index in [1.807, 2.05) is 0 Å². The Balaban J connectivity index is 3.08. The topological polar surface area (TPSA) is 89.5 Å². The summed E-state index contributed by atoms with van der Waals surface area (Å²) in [5.74, 6) is -0.648. The van der Waals surface area contributed by atoms with Crippen molar-refractivity contribution >= 4 is 12.0 Å². The number of nitriles is 1. The van der Waals surface area contributed by atoms with E-state index < -0.39 is 11.4 Å². The molecule has 0 atom stereocenters. The molecule has 0 saturated carbocycles. The number of ether oxygens (including phenoxy) is 2. The zero-order chi connectivity index (χ0) is 13.5. The summed E-state index contributed by atoms with van der Waals surface area (Å²) in [5.41, 5.74) is -0.652. The fourth-order valence-electron chi connectivity index (χ4n) is 1.13. The van der Waals surface area contributed by atoms with E-state index in [0.717, 1.165) is 18.4 Å². The van der Waals surface area contributed by atoms with Crippen LogP contribution in [0.4, 0.5) is 0 Å². The molecule has 18 heavy (non-hydrogen) atoms. The molecule has 0 saturated heterocycles. The number of hydrogen-bond donors (Lipinski definition) is 0. The second-order valence-electron chi connectivity index (χ2n) is 3.11. The molecule has 0 amide bonds. The van der Waals surface area contributed by atoms with E-state index >= 15 is 0 Å². The van der Waals surface area contributed by atoms with Crippen molar-refractivity contribution in [2.75, 3.05) is 13.7 Å². The predicted octanol–water partition coefficient (Wildman–Crippen LogP) is 1.12. The highest BCUT2D eigenvalue weighted by atomic mass is 16.5. The zero-order valence-electron chi connectivity index (χ0n) is 9.93. The van der Waals surface area contributed by atoms with E-state index in [1.54, 1.807) is 13.0 Å². The van der Waals surface area contributed by atoms with Crippen molar-refractivity contribution < 1.29 is 18.7 Å². The Morgan fingerprint density at radius 3 is 2.83 bits per heavy atom. The van der Waals surface area contributed by atoms with E-state index in [2.05, 4.69) is 4.74 Å².